The molecule has 3 aliphatic rings. The Morgan fingerprint density at radius 2 is 1.76 bits per heavy atom. The zero-order chi connectivity index (χ0) is 19.1. The first-order valence-electron chi connectivity index (χ1n) is 9.58. The number of carbonyl (C=O) groups excluding carboxylic acids is 2. The van der Waals surface area contributed by atoms with Crippen LogP contribution in [0.4, 0.5) is 0 Å². The molecule has 0 aromatic rings. The van der Waals surface area contributed by atoms with Gasteiger partial charge in [0, 0.05) is 16.9 Å². The maximum absolute atomic E-state index is 12.1. The fourth-order valence-electron chi connectivity index (χ4n) is 5.17. The Hall–Kier alpha value is -0.743. The first kappa shape index (κ1) is 19.0. The molecule has 0 aromatic heterocycles. The van der Waals surface area contributed by atoms with Crippen molar-refractivity contribution in [1.82, 2.24) is 0 Å². The lowest BCUT2D eigenvalue weighted by atomic mass is 9.71. The Balaban J connectivity index is 2.10. The van der Waals surface area contributed by atoms with Crippen LogP contribution in [0.5, 0.6) is 0 Å². The van der Waals surface area contributed by atoms with Crippen molar-refractivity contribution in [3.63, 3.8) is 0 Å². The van der Waals surface area contributed by atoms with Crippen LogP contribution in [-0.4, -0.2) is 27.0 Å². The van der Waals surface area contributed by atoms with Crippen LogP contribution >= 0.6 is 0 Å². The molecule has 4 heteroatoms. The third kappa shape index (κ3) is 2.47. The first-order valence-corrected chi connectivity index (χ1v) is 12.5. The zero-order valence-corrected chi connectivity index (χ0v) is 18.2. The summed E-state index contributed by atoms with van der Waals surface area (Å²) in [6.07, 6.45) is 4.80. The molecular weight excluding hydrogens is 328 g/mol. The van der Waals surface area contributed by atoms with E-state index in [1.165, 1.54) is 5.57 Å². The van der Waals surface area contributed by atoms with Crippen molar-refractivity contribution in [2.75, 3.05) is 0 Å². The van der Waals surface area contributed by atoms with Gasteiger partial charge in [-0.2, -0.15) is 0 Å². The molecule has 0 bridgehead atoms. The fourth-order valence-corrected chi connectivity index (χ4v) is 6.58. The van der Waals surface area contributed by atoms with E-state index in [0.29, 0.717) is 0 Å². The molecular formula is C21H34O3Si. The quantitative estimate of drug-likeness (QED) is 0.527. The van der Waals surface area contributed by atoms with Gasteiger partial charge < -0.3 is 9.22 Å². The van der Waals surface area contributed by atoms with E-state index in [0.717, 1.165) is 37.4 Å². The standard InChI is InChI=1S/C21H34O3Si/c1-18(2,3)25(7,8)24-17-15-10-19(4,5)9-14(15)16(11-22)21(13-23)12-20(17,21)6/h11,13,15,17H,9-10,12H2,1-8H3/t15-,17+,20-,21-/m1/s1. The number of fused-ring (bicyclic) bond motifs is 2. The highest BCUT2D eigenvalue weighted by molar-refractivity contribution is 6.74. The van der Waals surface area contributed by atoms with Crippen LogP contribution in [0.1, 0.15) is 60.8 Å². The highest BCUT2D eigenvalue weighted by atomic mass is 28.4. The molecule has 140 valence electrons. The Labute approximate surface area is 153 Å². The van der Waals surface area contributed by atoms with Gasteiger partial charge in [0.2, 0.25) is 0 Å². The molecule has 3 nitrogen and oxygen atoms in total. The topological polar surface area (TPSA) is 43.4 Å². The van der Waals surface area contributed by atoms with Crippen molar-refractivity contribution in [1.29, 1.82) is 0 Å². The van der Waals surface area contributed by atoms with Crippen molar-refractivity contribution in [2.45, 2.75) is 85.0 Å². The predicted molar refractivity (Wildman–Crippen MR) is 103 cm³/mol. The molecule has 3 rings (SSSR count). The Morgan fingerprint density at radius 1 is 1.16 bits per heavy atom. The van der Waals surface area contributed by atoms with Crippen LogP contribution in [-0.2, 0) is 14.0 Å². The second-order valence-electron chi connectivity index (χ2n) is 11.2. The van der Waals surface area contributed by atoms with Crippen LogP contribution in [0.2, 0.25) is 18.1 Å². The Morgan fingerprint density at radius 3 is 2.24 bits per heavy atom. The van der Waals surface area contributed by atoms with E-state index in [-0.39, 0.29) is 27.9 Å². The molecule has 0 radical (unpaired) electrons. The van der Waals surface area contributed by atoms with E-state index in [1.54, 1.807) is 0 Å². The molecule has 0 aliphatic heterocycles. The van der Waals surface area contributed by atoms with Gasteiger partial charge in [-0.25, -0.2) is 0 Å². The maximum Gasteiger partial charge on any atom is 0.192 e. The average molecular weight is 363 g/mol. The van der Waals surface area contributed by atoms with Gasteiger partial charge in [-0.05, 0) is 42.8 Å². The number of hydrogen-bond donors (Lipinski definition) is 0. The molecule has 0 unspecified atom stereocenters. The van der Waals surface area contributed by atoms with Gasteiger partial charge in [-0.3, -0.25) is 4.79 Å². The van der Waals surface area contributed by atoms with Crippen LogP contribution in [0.25, 0.3) is 0 Å². The number of aldehydes is 2. The second kappa shape index (κ2) is 5.16. The Kier molecular flexibility index (Phi) is 3.93. The van der Waals surface area contributed by atoms with Gasteiger partial charge >= 0.3 is 0 Å². The average Bonchev–Trinajstić information content (AvgIpc) is 2.96. The highest BCUT2D eigenvalue weighted by Gasteiger charge is 2.75. The van der Waals surface area contributed by atoms with Crippen molar-refractivity contribution in [3.8, 4) is 0 Å². The highest BCUT2D eigenvalue weighted by Crippen LogP contribution is 2.75. The van der Waals surface area contributed by atoms with E-state index >= 15 is 0 Å². The van der Waals surface area contributed by atoms with Gasteiger partial charge in [-0.15, -0.1) is 0 Å². The summed E-state index contributed by atoms with van der Waals surface area (Å²) in [4.78, 5) is 24.1. The molecule has 25 heavy (non-hydrogen) atoms. The minimum Gasteiger partial charge on any atom is -0.413 e. The van der Waals surface area contributed by atoms with Crippen molar-refractivity contribution in [3.05, 3.63) is 11.1 Å². The largest absolute Gasteiger partial charge is 0.413 e. The smallest absolute Gasteiger partial charge is 0.192 e. The third-order valence-corrected chi connectivity index (χ3v) is 12.3. The first-order chi connectivity index (χ1) is 11.2. The van der Waals surface area contributed by atoms with E-state index in [1.807, 2.05) is 0 Å². The van der Waals surface area contributed by atoms with Crippen molar-refractivity contribution >= 4 is 20.9 Å². The molecule has 2 fully saturated rings. The lowest BCUT2D eigenvalue weighted by Gasteiger charge is -2.46. The second-order valence-corrected chi connectivity index (χ2v) is 15.9. The molecule has 0 spiro atoms. The van der Waals surface area contributed by atoms with Gasteiger partial charge in [-0.1, -0.05) is 47.1 Å². The van der Waals surface area contributed by atoms with E-state index in [2.05, 4.69) is 54.6 Å². The minimum absolute atomic E-state index is 0.0547. The summed E-state index contributed by atoms with van der Waals surface area (Å²) in [5.74, 6) is 0.282. The van der Waals surface area contributed by atoms with Crippen LogP contribution < -0.4 is 0 Å². The van der Waals surface area contributed by atoms with Gasteiger partial charge in [0.25, 0.3) is 0 Å². The molecule has 2 saturated carbocycles. The summed E-state index contributed by atoms with van der Waals surface area (Å²) in [6.45, 7) is 18.1. The molecule has 0 N–H and O–H groups in total. The SMILES string of the molecule is CC1(C)CC2=C(C=O)[C@]3(C=O)C[C@]3(C)[C@@H](O[Si](C)(C)C(C)(C)C)[C@@H]2C1. The zero-order valence-electron chi connectivity index (χ0n) is 17.2. The normalized spacial score (nSPS) is 39.7. The van der Waals surface area contributed by atoms with Gasteiger partial charge in [0.15, 0.2) is 8.32 Å². The number of carbonyl (C=O) groups is 2. The summed E-state index contributed by atoms with van der Waals surface area (Å²) in [6, 6.07) is 0. The molecule has 4 atom stereocenters. The third-order valence-electron chi connectivity index (χ3n) is 7.80. The monoisotopic (exact) mass is 362 g/mol. The van der Waals surface area contributed by atoms with Crippen LogP contribution in [0.3, 0.4) is 0 Å². The van der Waals surface area contributed by atoms with Crippen molar-refractivity contribution in [2.24, 2.45) is 22.2 Å². The van der Waals surface area contributed by atoms with Gasteiger partial charge in [0.05, 0.1) is 11.5 Å². The Bertz CT molecular complexity index is 655. The fraction of sp³-hybridized carbons (Fsp3) is 0.810. The van der Waals surface area contributed by atoms with E-state index in [9.17, 15) is 9.59 Å². The lowest BCUT2D eigenvalue weighted by Crippen LogP contribution is -2.51. The minimum atomic E-state index is -1.97. The molecule has 3 aliphatic carbocycles. The van der Waals surface area contributed by atoms with Crippen molar-refractivity contribution < 1.29 is 14.0 Å². The number of allylic oxidation sites excluding steroid dienone is 1. The molecule has 0 saturated heterocycles. The maximum atomic E-state index is 12.1. The summed E-state index contributed by atoms with van der Waals surface area (Å²) in [5.41, 5.74) is 1.34. The molecule has 0 aromatic carbocycles. The van der Waals surface area contributed by atoms with Gasteiger partial charge in [0.1, 0.15) is 12.6 Å². The van der Waals surface area contributed by atoms with E-state index < -0.39 is 13.7 Å². The van der Waals surface area contributed by atoms with Crippen LogP contribution in [0, 0.1) is 22.2 Å². The molecule has 0 amide bonds. The summed E-state index contributed by atoms with van der Waals surface area (Å²) in [5, 5.41) is 0.130. The predicted octanol–water partition coefficient (Wildman–Crippen LogP) is 4.92. The summed E-state index contributed by atoms with van der Waals surface area (Å²) < 4.78 is 6.96. The van der Waals surface area contributed by atoms with Crippen LogP contribution in [0.15, 0.2) is 11.1 Å². The summed E-state index contributed by atoms with van der Waals surface area (Å²) in [7, 11) is -1.97. The summed E-state index contributed by atoms with van der Waals surface area (Å²) >= 11 is 0. The van der Waals surface area contributed by atoms with E-state index in [4.69, 9.17) is 4.43 Å². The molecule has 0 heterocycles. The number of hydrogen-bond acceptors (Lipinski definition) is 3. The lowest BCUT2D eigenvalue weighted by molar-refractivity contribution is -0.116. The number of rotatable bonds is 4.